The van der Waals surface area contributed by atoms with Crippen molar-refractivity contribution in [1.82, 2.24) is 5.32 Å². The molecular formula is C24H21FN2O4. The largest absolute Gasteiger partial charge is 0.452 e. The number of benzene rings is 3. The van der Waals surface area contributed by atoms with Crippen LogP contribution in [0.25, 0.3) is 0 Å². The van der Waals surface area contributed by atoms with Crippen molar-refractivity contribution in [2.24, 2.45) is 0 Å². The minimum atomic E-state index is -0.729. The molecule has 0 aliphatic heterocycles. The smallest absolute Gasteiger partial charge is 0.340 e. The first-order valence-electron chi connectivity index (χ1n) is 9.62. The molecule has 3 rings (SSSR count). The van der Waals surface area contributed by atoms with Gasteiger partial charge in [-0.2, -0.15) is 0 Å². The molecule has 0 bridgehead atoms. The second kappa shape index (κ2) is 10.7. The van der Waals surface area contributed by atoms with E-state index in [4.69, 9.17) is 4.74 Å². The van der Waals surface area contributed by atoms with Crippen molar-refractivity contribution in [3.05, 3.63) is 101 Å². The molecule has 0 unspecified atom stereocenters. The molecule has 0 aromatic heterocycles. The molecule has 0 heterocycles. The van der Waals surface area contributed by atoms with E-state index < -0.39 is 18.5 Å². The van der Waals surface area contributed by atoms with Crippen LogP contribution in [0.15, 0.2) is 78.9 Å². The average Bonchev–Trinajstić information content (AvgIpc) is 2.78. The normalized spacial score (nSPS) is 10.2. The van der Waals surface area contributed by atoms with E-state index in [1.807, 2.05) is 30.3 Å². The molecule has 3 aromatic carbocycles. The third-order valence-electron chi connectivity index (χ3n) is 4.37. The molecule has 0 fully saturated rings. The molecule has 158 valence electrons. The molecule has 0 aliphatic rings. The summed E-state index contributed by atoms with van der Waals surface area (Å²) in [6, 6.07) is 21.3. The van der Waals surface area contributed by atoms with E-state index in [1.54, 1.807) is 30.3 Å². The Morgan fingerprint density at radius 3 is 2.19 bits per heavy atom. The Labute approximate surface area is 179 Å². The number of hydrogen-bond acceptors (Lipinski definition) is 4. The van der Waals surface area contributed by atoms with E-state index in [9.17, 15) is 18.8 Å². The molecule has 0 saturated carbocycles. The SMILES string of the molecule is O=C(COC(=O)c1ccccc1NC(=O)Cc1ccccc1)NCc1ccc(F)cc1. The number of carbonyl (C=O) groups is 3. The Morgan fingerprint density at radius 2 is 1.45 bits per heavy atom. The molecule has 3 aromatic rings. The summed E-state index contributed by atoms with van der Waals surface area (Å²) < 4.78 is 18.0. The third-order valence-corrected chi connectivity index (χ3v) is 4.37. The van der Waals surface area contributed by atoms with Gasteiger partial charge < -0.3 is 15.4 Å². The third kappa shape index (κ3) is 6.78. The quantitative estimate of drug-likeness (QED) is 0.547. The van der Waals surface area contributed by atoms with Gasteiger partial charge in [-0.1, -0.05) is 54.6 Å². The van der Waals surface area contributed by atoms with Crippen LogP contribution in [0, 0.1) is 5.82 Å². The van der Waals surface area contributed by atoms with Gasteiger partial charge in [-0.25, -0.2) is 9.18 Å². The minimum Gasteiger partial charge on any atom is -0.452 e. The van der Waals surface area contributed by atoms with Gasteiger partial charge in [0.2, 0.25) is 5.91 Å². The van der Waals surface area contributed by atoms with Crippen LogP contribution in [-0.4, -0.2) is 24.4 Å². The van der Waals surface area contributed by atoms with Crippen molar-refractivity contribution in [2.75, 3.05) is 11.9 Å². The maximum atomic E-state index is 12.9. The van der Waals surface area contributed by atoms with Crippen LogP contribution in [0.3, 0.4) is 0 Å². The zero-order chi connectivity index (χ0) is 22.1. The molecule has 2 N–H and O–H groups in total. The van der Waals surface area contributed by atoms with Crippen LogP contribution in [0.5, 0.6) is 0 Å². The second-order valence-electron chi connectivity index (χ2n) is 6.74. The number of carbonyl (C=O) groups excluding carboxylic acids is 3. The monoisotopic (exact) mass is 420 g/mol. The number of amides is 2. The lowest BCUT2D eigenvalue weighted by atomic mass is 10.1. The zero-order valence-corrected chi connectivity index (χ0v) is 16.6. The van der Waals surface area contributed by atoms with Crippen molar-refractivity contribution in [2.45, 2.75) is 13.0 Å². The van der Waals surface area contributed by atoms with Gasteiger partial charge in [0.25, 0.3) is 5.91 Å². The highest BCUT2D eigenvalue weighted by atomic mass is 19.1. The fraction of sp³-hybridized carbons (Fsp3) is 0.125. The standard InChI is InChI=1S/C24H21FN2O4/c25-19-12-10-18(11-13-19)15-26-23(29)16-31-24(30)20-8-4-5-9-21(20)27-22(28)14-17-6-2-1-3-7-17/h1-13H,14-16H2,(H,26,29)(H,27,28). The van der Waals surface area contributed by atoms with Gasteiger partial charge >= 0.3 is 5.97 Å². The topological polar surface area (TPSA) is 84.5 Å². The van der Waals surface area contributed by atoms with Gasteiger partial charge in [-0.15, -0.1) is 0 Å². The first-order valence-corrected chi connectivity index (χ1v) is 9.62. The van der Waals surface area contributed by atoms with Gasteiger partial charge in [0.15, 0.2) is 6.61 Å². The summed E-state index contributed by atoms with van der Waals surface area (Å²) in [6.45, 7) is -0.297. The fourth-order valence-corrected chi connectivity index (χ4v) is 2.81. The van der Waals surface area contributed by atoms with Crippen molar-refractivity contribution >= 4 is 23.5 Å². The van der Waals surface area contributed by atoms with E-state index in [0.29, 0.717) is 11.3 Å². The van der Waals surface area contributed by atoms with Crippen LogP contribution < -0.4 is 10.6 Å². The number of nitrogens with one attached hydrogen (secondary N) is 2. The zero-order valence-electron chi connectivity index (χ0n) is 16.6. The number of esters is 1. The number of ether oxygens (including phenoxy) is 1. The van der Waals surface area contributed by atoms with Crippen LogP contribution >= 0.6 is 0 Å². The Kier molecular flexibility index (Phi) is 7.48. The molecule has 0 aliphatic carbocycles. The molecule has 0 saturated heterocycles. The van der Waals surface area contributed by atoms with Crippen molar-refractivity contribution in [3.63, 3.8) is 0 Å². The summed E-state index contributed by atoms with van der Waals surface area (Å²) in [4.78, 5) is 36.7. The summed E-state index contributed by atoms with van der Waals surface area (Å²) >= 11 is 0. The summed E-state index contributed by atoms with van der Waals surface area (Å²) in [7, 11) is 0. The molecule has 31 heavy (non-hydrogen) atoms. The van der Waals surface area contributed by atoms with E-state index in [0.717, 1.165) is 5.56 Å². The number of halogens is 1. The van der Waals surface area contributed by atoms with E-state index in [1.165, 1.54) is 18.2 Å². The van der Waals surface area contributed by atoms with Gasteiger partial charge in [0.05, 0.1) is 17.7 Å². The summed E-state index contributed by atoms with van der Waals surface area (Å²) in [5.74, 6) is -1.86. The van der Waals surface area contributed by atoms with Crippen LogP contribution in [-0.2, 0) is 27.3 Å². The van der Waals surface area contributed by atoms with Gasteiger partial charge in [-0.05, 0) is 35.4 Å². The predicted molar refractivity (Wildman–Crippen MR) is 114 cm³/mol. The van der Waals surface area contributed by atoms with E-state index in [-0.39, 0.29) is 30.3 Å². The molecule has 6 nitrogen and oxygen atoms in total. The number of anilines is 1. The lowest BCUT2D eigenvalue weighted by Crippen LogP contribution is -2.28. The second-order valence-corrected chi connectivity index (χ2v) is 6.74. The van der Waals surface area contributed by atoms with Gasteiger partial charge in [0.1, 0.15) is 5.82 Å². The molecule has 7 heteroatoms. The van der Waals surface area contributed by atoms with Gasteiger partial charge in [0, 0.05) is 6.54 Å². The number of rotatable bonds is 8. The van der Waals surface area contributed by atoms with Crippen LogP contribution in [0.1, 0.15) is 21.5 Å². The minimum absolute atomic E-state index is 0.148. The van der Waals surface area contributed by atoms with E-state index >= 15 is 0 Å². The first kappa shape index (κ1) is 21.7. The summed E-state index contributed by atoms with van der Waals surface area (Å²) in [5.41, 5.74) is 2.01. The highest BCUT2D eigenvalue weighted by Gasteiger charge is 2.16. The first-order chi connectivity index (χ1) is 15.0. The Hall–Kier alpha value is -4.00. The van der Waals surface area contributed by atoms with Crippen LogP contribution in [0.2, 0.25) is 0 Å². The van der Waals surface area contributed by atoms with E-state index in [2.05, 4.69) is 10.6 Å². The lowest BCUT2D eigenvalue weighted by molar-refractivity contribution is -0.124. The fourth-order valence-electron chi connectivity index (χ4n) is 2.81. The Bertz CT molecular complexity index is 1050. The maximum absolute atomic E-state index is 12.9. The Morgan fingerprint density at radius 1 is 0.774 bits per heavy atom. The average molecular weight is 420 g/mol. The number of hydrogen-bond donors (Lipinski definition) is 2. The Balaban J connectivity index is 1.52. The molecule has 0 radical (unpaired) electrons. The maximum Gasteiger partial charge on any atom is 0.340 e. The van der Waals surface area contributed by atoms with Crippen molar-refractivity contribution in [3.8, 4) is 0 Å². The van der Waals surface area contributed by atoms with Crippen molar-refractivity contribution < 1.29 is 23.5 Å². The molecule has 0 atom stereocenters. The lowest BCUT2D eigenvalue weighted by Gasteiger charge is -2.11. The van der Waals surface area contributed by atoms with Gasteiger partial charge in [-0.3, -0.25) is 9.59 Å². The van der Waals surface area contributed by atoms with Crippen LogP contribution in [0.4, 0.5) is 10.1 Å². The molecule has 0 spiro atoms. The van der Waals surface area contributed by atoms with Crippen molar-refractivity contribution in [1.29, 1.82) is 0 Å². The summed E-state index contributed by atoms with van der Waals surface area (Å²) in [5, 5.41) is 5.30. The highest BCUT2D eigenvalue weighted by Crippen LogP contribution is 2.17. The molecular weight excluding hydrogens is 399 g/mol. The summed E-state index contributed by atoms with van der Waals surface area (Å²) in [6.07, 6.45) is 0.163. The highest BCUT2D eigenvalue weighted by molar-refractivity contribution is 6.02. The molecule has 2 amide bonds. The predicted octanol–water partition coefficient (Wildman–Crippen LogP) is 3.48. The number of para-hydroxylation sites is 1.